The highest BCUT2D eigenvalue weighted by Crippen LogP contribution is 2.27. The van der Waals surface area contributed by atoms with Crippen LogP contribution in [0.1, 0.15) is 25.3 Å². The summed E-state index contributed by atoms with van der Waals surface area (Å²) in [6, 6.07) is 11.7. The molecule has 0 aliphatic carbocycles. The van der Waals surface area contributed by atoms with E-state index in [1.165, 1.54) is 0 Å². The van der Waals surface area contributed by atoms with Gasteiger partial charge in [0.25, 0.3) is 0 Å². The third kappa shape index (κ3) is 9.21. The predicted molar refractivity (Wildman–Crippen MR) is 130 cm³/mol. The maximum atomic E-state index is 5.35. The summed E-state index contributed by atoms with van der Waals surface area (Å²) in [6.07, 6.45) is 3.89. The summed E-state index contributed by atoms with van der Waals surface area (Å²) < 4.78 is 10.6. The first-order chi connectivity index (χ1) is 13.8. The summed E-state index contributed by atoms with van der Waals surface area (Å²) >= 11 is 0. The molecule has 2 aromatic rings. The van der Waals surface area contributed by atoms with E-state index in [1.807, 2.05) is 36.4 Å². The van der Waals surface area contributed by atoms with Gasteiger partial charge in [0.15, 0.2) is 17.5 Å². The zero-order valence-electron chi connectivity index (χ0n) is 17.4. The fraction of sp³-hybridized carbons (Fsp3) is 0.429. The molecule has 1 aromatic carbocycles. The number of anilines is 1. The van der Waals surface area contributed by atoms with Crippen molar-refractivity contribution in [3.05, 3.63) is 48.2 Å². The van der Waals surface area contributed by atoms with Gasteiger partial charge in [-0.3, -0.25) is 0 Å². The van der Waals surface area contributed by atoms with Crippen LogP contribution in [0.25, 0.3) is 0 Å². The van der Waals surface area contributed by atoms with Crippen LogP contribution in [0.2, 0.25) is 0 Å². The predicted octanol–water partition coefficient (Wildman–Crippen LogP) is 3.66. The second-order valence-corrected chi connectivity index (χ2v) is 6.16. The summed E-state index contributed by atoms with van der Waals surface area (Å²) in [4.78, 5) is 8.91. The minimum Gasteiger partial charge on any atom is -0.493 e. The van der Waals surface area contributed by atoms with Crippen molar-refractivity contribution in [3.63, 3.8) is 0 Å². The lowest BCUT2D eigenvalue weighted by Crippen LogP contribution is -2.37. The first-order valence-corrected chi connectivity index (χ1v) is 9.64. The number of hydrogen-bond donors (Lipinski definition) is 3. The lowest BCUT2D eigenvalue weighted by molar-refractivity contribution is 0.354. The van der Waals surface area contributed by atoms with Crippen molar-refractivity contribution in [1.29, 1.82) is 0 Å². The molecule has 3 N–H and O–H groups in total. The number of unbranched alkanes of at least 4 members (excludes halogenated alkanes) is 1. The molecule has 0 saturated heterocycles. The second kappa shape index (κ2) is 14.7. The molecule has 0 saturated carbocycles. The first-order valence-electron chi connectivity index (χ1n) is 9.64. The van der Waals surface area contributed by atoms with E-state index < -0.39 is 0 Å². The molecule has 1 aromatic heterocycles. The van der Waals surface area contributed by atoms with E-state index in [1.54, 1.807) is 20.4 Å². The average molecular weight is 513 g/mol. The molecule has 0 aliphatic rings. The van der Waals surface area contributed by atoms with Crippen LogP contribution in [0.3, 0.4) is 0 Å². The molecule has 29 heavy (non-hydrogen) atoms. The van der Waals surface area contributed by atoms with Gasteiger partial charge in [-0.15, -0.1) is 24.0 Å². The van der Waals surface area contributed by atoms with Crippen molar-refractivity contribution in [2.45, 2.75) is 26.3 Å². The summed E-state index contributed by atoms with van der Waals surface area (Å²) in [5.74, 6) is 3.17. The summed E-state index contributed by atoms with van der Waals surface area (Å²) in [7, 11) is 3.27. The molecule has 7 nitrogen and oxygen atoms in total. The Morgan fingerprint density at radius 3 is 2.48 bits per heavy atom. The molecule has 0 amide bonds. The lowest BCUT2D eigenvalue weighted by Gasteiger charge is -2.12. The molecule has 0 fully saturated rings. The Hall–Kier alpha value is -2.23. The van der Waals surface area contributed by atoms with Crippen molar-refractivity contribution in [3.8, 4) is 11.5 Å². The molecule has 0 unspecified atom stereocenters. The van der Waals surface area contributed by atoms with E-state index in [2.05, 4.69) is 32.9 Å². The molecule has 1 heterocycles. The van der Waals surface area contributed by atoms with Crippen molar-refractivity contribution in [2.75, 3.05) is 39.2 Å². The molecule has 0 bridgehead atoms. The summed E-state index contributed by atoms with van der Waals surface area (Å²) in [6.45, 7) is 5.21. The number of guanidine groups is 1. The fourth-order valence-electron chi connectivity index (χ4n) is 2.63. The highest BCUT2D eigenvalue weighted by Gasteiger charge is 2.04. The molecule has 0 radical (unpaired) electrons. The standard InChI is InChI=1S/C21H31N5O2.HI/c1-4-22-21(25-14-8-7-13-24-20-9-5-6-12-23-20)26-16-17-10-11-18(27-2)19(15-17)28-3;/h5-6,9-12,15H,4,7-8,13-14,16H2,1-3H3,(H,23,24)(H2,22,25,26);1H. The zero-order valence-corrected chi connectivity index (χ0v) is 19.7. The molecule has 2 rings (SSSR count). The SMILES string of the molecule is CCNC(=NCc1ccc(OC)c(OC)c1)NCCCCNc1ccccn1.I. The van der Waals surface area contributed by atoms with Gasteiger partial charge >= 0.3 is 0 Å². The van der Waals surface area contributed by atoms with E-state index in [9.17, 15) is 0 Å². The highest BCUT2D eigenvalue weighted by atomic mass is 127. The van der Waals surface area contributed by atoms with Gasteiger partial charge in [-0.05, 0) is 49.6 Å². The van der Waals surface area contributed by atoms with Crippen LogP contribution >= 0.6 is 24.0 Å². The third-order valence-electron chi connectivity index (χ3n) is 4.08. The number of ether oxygens (including phenoxy) is 2. The van der Waals surface area contributed by atoms with Crippen LogP contribution in [0.4, 0.5) is 5.82 Å². The van der Waals surface area contributed by atoms with Gasteiger partial charge in [-0.2, -0.15) is 0 Å². The molecular weight excluding hydrogens is 481 g/mol. The number of methoxy groups -OCH3 is 2. The monoisotopic (exact) mass is 513 g/mol. The number of aromatic nitrogens is 1. The Morgan fingerprint density at radius 2 is 1.79 bits per heavy atom. The molecule has 8 heteroatoms. The van der Waals surface area contributed by atoms with Gasteiger partial charge in [-0.25, -0.2) is 9.98 Å². The van der Waals surface area contributed by atoms with Crippen LogP contribution in [0.15, 0.2) is 47.6 Å². The van der Waals surface area contributed by atoms with Gasteiger partial charge in [-0.1, -0.05) is 12.1 Å². The number of aliphatic imine (C=N–C) groups is 1. The molecule has 0 aliphatic heterocycles. The van der Waals surface area contributed by atoms with Crippen LogP contribution in [-0.2, 0) is 6.54 Å². The van der Waals surface area contributed by atoms with Crippen molar-refractivity contribution in [1.82, 2.24) is 15.6 Å². The number of rotatable bonds is 11. The van der Waals surface area contributed by atoms with Crippen LogP contribution in [0, 0.1) is 0 Å². The van der Waals surface area contributed by atoms with Crippen molar-refractivity contribution >= 4 is 35.8 Å². The normalized spacial score (nSPS) is 10.7. The molecule has 0 atom stereocenters. The van der Waals surface area contributed by atoms with E-state index in [-0.39, 0.29) is 24.0 Å². The maximum Gasteiger partial charge on any atom is 0.191 e. The third-order valence-corrected chi connectivity index (χ3v) is 4.08. The van der Waals surface area contributed by atoms with Crippen molar-refractivity contribution in [2.24, 2.45) is 4.99 Å². The largest absolute Gasteiger partial charge is 0.493 e. The van der Waals surface area contributed by atoms with E-state index >= 15 is 0 Å². The van der Waals surface area contributed by atoms with Gasteiger partial charge in [0.1, 0.15) is 5.82 Å². The Balaban J connectivity index is 0.00000420. The minimum absolute atomic E-state index is 0. The van der Waals surface area contributed by atoms with Crippen LogP contribution in [-0.4, -0.2) is 44.8 Å². The molecule has 160 valence electrons. The topological polar surface area (TPSA) is 79.8 Å². The minimum atomic E-state index is 0. The number of pyridine rings is 1. The molecule has 0 spiro atoms. The van der Waals surface area contributed by atoms with Crippen LogP contribution < -0.4 is 25.4 Å². The number of halogens is 1. The number of nitrogens with zero attached hydrogens (tertiary/aromatic N) is 2. The van der Waals surface area contributed by atoms with Gasteiger partial charge in [0.05, 0.1) is 20.8 Å². The van der Waals surface area contributed by atoms with Gasteiger partial charge in [0.2, 0.25) is 0 Å². The Labute approximate surface area is 190 Å². The van der Waals surface area contributed by atoms with E-state index in [4.69, 9.17) is 9.47 Å². The average Bonchev–Trinajstić information content (AvgIpc) is 2.74. The second-order valence-electron chi connectivity index (χ2n) is 6.16. The molecular formula is C21H32IN5O2. The zero-order chi connectivity index (χ0) is 20.0. The first kappa shape index (κ1) is 24.8. The van der Waals surface area contributed by atoms with Gasteiger partial charge in [0, 0.05) is 25.8 Å². The summed E-state index contributed by atoms with van der Waals surface area (Å²) in [5, 5.41) is 9.98. The van der Waals surface area contributed by atoms with Gasteiger partial charge < -0.3 is 25.4 Å². The Morgan fingerprint density at radius 1 is 1.00 bits per heavy atom. The quantitative estimate of drug-likeness (QED) is 0.184. The van der Waals surface area contributed by atoms with Crippen LogP contribution in [0.5, 0.6) is 11.5 Å². The Bertz CT molecular complexity index is 728. The number of nitrogens with one attached hydrogen (secondary N) is 3. The van der Waals surface area contributed by atoms with Crippen molar-refractivity contribution < 1.29 is 9.47 Å². The smallest absolute Gasteiger partial charge is 0.191 e. The van der Waals surface area contributed by atoms with E-state index in [0.29, 0.717) is 12.3 Å². The number of hydrogen-bond acceptors (Lipinski definition) is 5. The highest BCUT2D eigenvalue weighted by molar-refractivity contribution is 14.0. The van der Waals surface area contributed by atoms with E-state index in [0.717, 1.165) is 55.6 Å². The Kier molecular flexibility index (Phi) is 12.6. The lowest BCUT2D eigenvalue weighted by atomic mass is 10.2. The number of benzene rings is 1. The fourth-order valence-corrected chi connectivity index (χ4v) is 2.63. The maximum absolute atomic E-state index is 5.35. The summed E-state index contributed by atoms with van der Waals surface area (Å²) in [5.41, 5.74) is 1.06.